The number of carbonyl (C=O) groups excluding carboxylic acids is 2. The van der Waals surface area contributed by atoms with Gasteiger partial charge in [0, 0.05) is 37.7 Å². The summed E-state index contributed by atoms with van der Waals surface area (Å²) in [6, 6.07) is 12.3. The number of ketones is 1. The molecule has 2 aromatic heterocycles. The lowest BCUT2D eigenvalue weighted by Crippen LogP contribution is -2.27. The molecule has 0 spiro atoms. The Morgan fingerprint density at radius 2 is 1.90 bits per heavy atom. The third-order valence-corrected chi connectivity index (χ3v) is 4.59. The van der Waals surface area contributed by atoms with E-state index in [1.807, 2.05) is 13.0 Å². The van der Waals surface area contributed by atoms with E-state index < -0.39 is 0 Å². The van der Waals surface area contributed by atoms with Crippen molar-refractivity contribution in [3.8, 4) is 5.75 Å². The van der Waals surface area contributed by atoms with Crippen LogP contribution in [0.1, 0.15) is 43.0 Å². The van der Waals surface area contributed by atoms with Gasteiger partial charge in [0.25, 0.3) is 0 Å². The van der Waals surface area contributed by atoms with Crippen molar-refractivity contribution in [2.45, 2.75) is 39.2 Å². The summed E-state index contributed by atoms with van der Waals surface area (Å²) in [4.78, 5) is 36.4. The molecule has 0 saturated heterocycles. The van der Waals surface area contributed by atoms with Crippen LogP contribution >= 0.6 is 0 Å². The SMILES string of the molecule is CCCOc1ccc(C(=O)CCC(=O)NCCCn2nc3ccccn3c2=O)cc1. The van der Waals surface area contributed by atoms with Gasteiger partial charge >= 0.3 is 5.69 Å². The molecule has 1 N–H and O–H groups in total. The highest BCUT2D eigenvalue weighted by atomic mass is 16.5. The Morgan fingerprint density at radius 3 is 2.63 bits per heavy atom. The molecule has 0 saturated carbocycles. The van der Waals surface area contributed by atoms with E-state index in [2.05, 4.69) is 10.4 Å². The van der Waals surface area contributed by atoms with Crippen LogP contribution in [-0.2, 0) is 11.3 Å². The Balaban J connectivity index is 1.37. The lowest BCUT2D eigenvalue weighted by Gasteiger charge is -2.06. The van der Waals surface area contributed by atoms with Crippen LogP contribution in [0.4, 0.5) is 0 Å². The zero-order chi connectivity index (χ0) is 21.3. The fourth-order valence-electron chi connectivity index (χ4n) is 2.99. The highest BCUT2D eigenvalue weighted by molar-refractivity contribution is 5.98. The number of nitrogens with one attached hydrogen (secondary N) is 1. The molecule has 2 heterocycles. The summed E-state index contributed by atoms with van der Waals surface area (Å²) in [6.45, 7) is 3.49. The Hall–Kier alpha value is -3.42. The number of hydrogen-bond donors (Lipinski definition) is 1. The zero-order valence-corrected chi connectivity index (χ0v) is 17.0. The molecule has 1 aromatic carbocycles. The number of aromatic nitrogens is 3. The van der Waals surface area contributed by atoms with E-state index in [0.29, 0.717) is 37.3 Å². The normalized spacial score (nSPS) is 10.8. The fourth-order valence-corrected chi connectivity index (χ4v) is 2.99. The van der Waals surface area contributed by atoms with Gasteiger partial charge in [0.05, 0.1) is 6.61 Å². The van der Waals surface area contributed by atoms with Gasteiger partial charge in [-0.3, -0.25) is 14.0 Å². The third kappa shape index (κ3) is 5.56. The van der Waals surface area contributed by atoms with Crippen LogP contribution in [0.3, 0.4) is 0 Å². The van der Waals surface area contributed by atoms with Crippen molar-refractivity contribution in [3.63, 3.8) is 0 Å². The molecule has 0 aliphatic heterocycles. The lowest BCUT2D eigenvalue weighted by molar-refractivity contribution is -0.121. The number of aryl methyl sites for hydroxylation is 1. The minimum atomic E-state index is -0.200. The first-order chi connectivity index (χ1) is 14.6. The van der Waals surface area contributed by atoms with E-state index in [4.69, 9.17) is 4.74 Å². The number of ether oxygens (including phenoxy) is 1. The highest BCUT2D eigenvalue weighted by Gasteiger charge is 2.10. The molecule has 158 valence electrons. The van der Waals surface area contributed by atoms with Gasteiger partial charge in [0.15, 0.2) is 11.4 Å². The van der Waals surface area contributed by atoms with Gasteiger partial charge in [-0.1, -0.05) is 13.0 Å². The first kappa shape index (κ1) is 21.3. The molecule has 1 amide bonds. The molecule has 8 heteroatoms. The first-order valence-electron chi connectivity index (χ1n) is 10.2. The van der Waals surface area contributed by atoms with E-state index in [-0.39, 0.29) is 30.2 Å². The molecule has 0 bridgehead atoms. The standard InChI is InChI=1S/C22H26N4O4/c1-2-16-30-18-9-7-17(8-10-18)19(27)11-12-21(28)23-13-5-15-26-22(29)25-14-4-3-6-20(25)24-26/h3-4,6-10,14H,2,5,11-13,15-16H2,1H3,(H,23,28). The number of nitrogens with zero attached hydrogens (tertiary/aromatic N) is 3. The van der Waals surface area contributed by atoms with Gasteiger partial charge in [-0.05, 0) is 49.2 Å². The first-order valence-corrected chi connectivity index (χ1v) is 10.2. The Bertz CT molecular complexity index is 1050. The van der Waals surface area contributed by atoms with Crippen LogP contribution in [0, 0.1) is 0 Å². The smallest absolute Gasteiger partial charge is 0.350 e. The highest BCUT2D eigenvalue weighted by Crippen LogP contribution is 2.14. The number of carbonyl (C=O) groups is 2. The molecule has 0 radical (unpaired) electrons. The van der Waals surface area contributed by atoms with Crippen molar-refractivity contribution in [3.05, 3.63) is 64.7 Å². The van der Waals surface area contributed by atoms with Crippen LogP contribution in [0.5, 0.6) is 5.75 Å². The van der Waals surface area contributed by atoms with E-state index >= 15 is 0 Å². The summed E-state index contributed by atoms with van der Waals surface area (Å²) in [7, 11) is 0. The number of benzene rings is 1. The van der Waals surface area contributed by atoms with E-state index in [1.165, 1.54) is 9.08 Å². The largest absolute Gasteiger partial charge is 0.494 e. The van der Waals surface area contributed by atoms with Crippen molar-refractivity contribution in [1.29, 1.82) is 0 Å². The van der Waals surface area contributed by atoms with E-state index in [0.717, 1.165) is 12.2 Å². The van der Waals surface area contributed by atoms with Crippen LogP contribution < -0.4 is 15.7 Å². The van der Waals surface area contributed by atoms with E-state index in [1.54, 1.807) is 42.6 Å². The molecular weight excluding hydrogens is 384 g/mol. The predicted molar refractivity (Wildman–Crippen MR) is 113 cm³/mol. The van der Waals surface area contributed by atoms with Crippen molar-refractivity contribution in [2.75, 3.05) is 13.2 Å². The van der Waals surface area contributed by atoms with Gasteiger partial charge in [-0.25, -0.2) is 9.48 Å². The Labute approximate surface area is 174 Å². The van der Waals surface area contributed by atoms with Crippen molar-refractivity contribution in [2.24, 2.45) is 0 Å². The number of fused-ring (bicyclic) bond motifs is 1. The van der Waals surface area contributed by atoms with Crippen molar-refractivity contribution >= 4 is 17.3 Å². The third-order valence-electron chi connectivity index (χ3n) is 4.59. The lowest BCUT2D eigenvalue weighted by atomic mass is 10.1. The summed E-state index contributed by atoms with van der Waals surface area (Å²) in [5.41, 5.74) is 0.960. The number of rotatable bonds is 11. The molecule has 0 atom stereocenters. The number of hydrogen-bond acceptors (Lipinski definition) is 5. The molecule has 30 heavy (non-hydrogen) atoms. The summed E-state index contributed by atoms with van der Waals surface area (Å²) < 4.78 is 8.36. The maximum Gasteiger partial charge on any atom is 0.350 e. The molecule has 3 rings (SSSR count). The molecule has 8 nitrogen and oxygen atoms in total. The molecule has 3 aromatic rings. The summed E-state index contributed by atoms with van der Waals surface area (Å²) in [6.07, 6.45) is 3.44. The quantitative estimate of drug-likeness (QED) is 0.387. The van der Waals surface area contributed by atoms with Crippen molar-refractivity contribution < 1.29 is 14.3 Å². The van der Waals surface area contributed by atoms with Crippen LogP contribution in [-0.4, -0.2) is 39.0 Å². The summed E-state index contributed by atoms with van der Waals surface area (Å²) in [5.74, 6) is 0.466. The number of amides is 1. The molecular formula is C22H26N4O4. The molecule has 0 unspecified atom stereocenters. The van der Waals surface area contributed by atoms with Gasteiger partial charge in [0.1, 0.15) is 5.75 Å². The minimum Gasteiger partial charge on any atom is -0.494 e. The minimum absolute atomic E-state index is 0.0801. The maximum atomic E-state index is 12.2. The van der Waals surface area contributed by atoms with Crippen LogP contribution in [0.2, 0.25) is 0 Å². The van der Waals surface area contributed by atoms with Gasteiger partial charge in [-0.2, -0.15) is 0 Å². The zero-order valence-electron chi connectivity index (χ0n) is 17.0. The predicted octanol–water partition coefficient (Wildman–Crippen LogP) is 2.45. The molecule has 0 fully saturated rings. The van der Waals surface area contributed by atoms with E-state index in [9.17, 15) is 14.4 Å². The topological polar surface area (TPSA) is 94.7 Å². The number of Topliss-reactive ketones (excluding diaryl/α,β-unsaturated/α-hetero) is 1. The van der Waals surface area contributed by atoms with Crippen molar-refractivity contribution in [1.82, 2.24) is 19.5 Å². The Morgan fingerprint density at radius 1 is 1.10 bits per heavy atom. The maximum absolute atomic E-state index is 12.2. The average Bonchev–Trinajstić information content (AvgIpc) is 3.09. The van der Waals surface area contributed by atoms with Gasteiger partial charge < -0.3 is 10.1 Å². The second kappa shape index (κ2) is 10.4. The second-order valence-corrected chi connectivity index (χ2v) is 6.93. The monoisotopic (exact) mass is 410 g/mol. The summed E-state index contributed by atoms with van der Waals surface area (Å²) in [5, 5.41) is 7.03. The molecule has 0 aliphatic carbocycles. The van der Waals surface area contributed by atoms with Gasteiger partial charge in [-0.15, -0.1) is 5.10 Å². The Kier molecular flexibility index (Phi) is 7.37. The fraction of sp³-hybridized carbons (Fsp3) is 0.364. The average molecular weight is 410 g/mol. The second-order valence-electron chi connectivity index (χ2n) is 6.93. The molecule has 0 aliphatic rings. The van der Waals surface area contributed by atoms with Crippen LogP contribution in [0.25, 0.3) is 5.65 Å². The number of pyridine rings is 1. The van der Waals surface area contributed by atoms with Gasteiger partial charge in [0.2, 0.25) is 5.91 Å². The summed E-state index contributed by atoms with van der Waals surface area (Å²) >= 11 is 0. The van der Waals surface area contributed by atoms with Crippen LogP contribution in [0.15, 0.2) is 53.5 Å².